The van der Waals surface area contributed by atoms with Crippen LogP contribution in [0.2, 0.25) is 0 Å². The summed E-state index contributed by atoms with van der Waals surface area (Å²) >= 11 is 0. The quantitative estimate of drug-likeness (QED) is 0.464. The molecule has 0 amide bonds. The SMILES string of the molecule is CCCc1cccc(Oc2ccc(C(C)Cc3ccccc3)cc2)c1. The van der Waals surface area contributed by atoms with Crippen LogP contribution in [0.3, 0.4) is 0 Å². The Morgan fingerprint density at radius 2 is 1.48 bits per heavy atom. The monoisotopic (exact) mass is 330 g/mol. The van der Waals surface area contributed by atoms with Crippen molar-refractivity contribution in [2.45, 2.75) is 39.0 Å². The molecule has 0 saturated carbocycles. The van der Waals surface area contributed by atoms with Gasteiger partial charge < -0.3 is 4.74 Å². The highest BCUT2D eigenvalue weighted by molar-refractivity contribution is 5.36. The summed E-state index contributed by atoms with van der Waals surface area (Å²) in [5, 5.41) is 0. The second-order valence-electron chi connectivity index (χ2n) is 6.66. The van der Waals surface area contributed by atoms with E-state index in [0.717, 1.165) is 30.8 Å². The lowest BCUT2D eigenvalue weighted by molar-refractivity contribution is 0.481. The molecule has 0 heterocycles. The zero-order valence-electron chi connectivity index (χ0n) is 15.1. The number of rotatable bonds is 7. The fraction of sp³-hybridized carbons (Fsp3) is 0.250. The normalized spacial score (nSPS) is 11.9. The number of ether oxygens (including phenoxy) is 1. The van der Waals surface area contributed by atoms with Gasteiger partial charge in [-0.25, -0.2) is 0 Å². The van der Waals surface area contributed by atoms with E-state index in [-0.39, 0.29) is 0 Å². The van der Waals surface area contributed by atoms with Gasteiger partial charge in [0.1, 0.15) is 11.5 Å². The van der Waals surface area contributed by atoms with E-state index in [4.69, 9.17) is 4.74 Å². The van der Waals surface area contributed by atoms with E-state index in [1.54, 1.807) is 0 Å². The third-order valence-corrected chi connectivity index (χ3v) is 4.51. The predicted octanol–water partition coefficient (Wildman–Crippen LogP) is 6.78. The van der Waals surface area contributed by atoms with E-state index in [1.807, 2.05) is 6.07 Å². The van der Waals surface area contributed by atoms with E-state index in [9.17, 15) is 0 Å². The van der Waals surface area contributed by atoms with Crippen molar-refractivity contribution in [1.82, 2.24) is 0 Å². The molecule has 1 unspecified atom stereocenters. The largest absolute Gasteiger partial charge is 0.457 e. The van der Waals surface area contributed by atoms with E-state index in [2.05, 4.69) is 86.6 Å². The molecule has 0 fully saturated rings. The number of aryl methyl sites for hydroxylation is 1. The van der Waals surface area contributed by atoms with Crippen molar-refractivity contribution in [3.8, 4) is 11.5 Å². The molecule has 25 heavy (non-hydrogen) atoms. The summed E-state index contributed by atoms with van der Waals surface area (Å²) in [6, 6.07) is 27.5. The Hall–Kier alpha value is -2.54. The highest BCUT2D eigenvalue weighted by atomic mass is 16.5. The molecule has 0 radical (unpaired) electrons. The number of benzene rings is 3. The van der Waals surface area contributed by atoms with Crippen molar-refractivity contribution in [3.05, 3.63) is 95.6 Å². The molecule has 0 N–H and O–H groups in total. The third kappa shape index (κ3) is 4.96. The summed E-state index contributed by atoms with van der Waals surface area (Å²) in [4.78, 5) is 0. The van der Waals surface area contributed by atoms with Crippen molar-refractivity contribution in [3.63, 3.8) is 0 Å². The molecule has 1 atom stereocenters. The van der Waals surface area contributed by atoms with Crippen molar-refractivity contribution in [2.75, 3.05) is 0 Å². The van der Waals surface area contributed by atoms with Gasteiger partial charge in [0.2, 0.25) is 0 Å². The van der Waals surface area contributed by atoms with E-state index in [0.29, 0.717) is 5.92 Å². The van der Waals surface area contributed by atoms with E-state index < -0.39 is 0 Å². The van der Waals surface area contributed by atoms with E-state index in [1.165, 1.54) is 16.7 Å². The van der Waals surface area contributed by atoms with Gasteiger partial charge in [-0.05, 0) is 59.7 Å². The third-order valence-electron chi connectivity index (χ3n) is 4.51. The van der Waals surface area contributed by atoms with Crippen molar-refractivity contribution in [1.29, 1.82) is 0 Å². The average Bonchev–Trinajstić information content (AvgIpc) is 2.64. The van der Waals surface area contributed by atoms with Crippen LogP contribution in [0.1, 0.15) is 42.9 Å². The molecule has 0 saturated heterocycles. The van der Waals surface area contributed by atoms with Gasteiger partial charge in [0.05, 0.1) is 0 Å². The first-order valence-corrected chi connectivity index (χ1v) is 9.15. The first-order valence-electron chi connectivity index (χ1n) is 9.15. The molecule has 3 rings (SSSR count). The average molecular weight is 330 g/mol. The summed E-state index contributed by atoms with van der Waals surface area (Å²) < 4.78 is 6.02. The van der Waals surface area contributed by atoms with Gasteiger partial charge in [0.15, 0.2) is 0 Å². The molecule has 0 aliphatic heterocycles. The molecule has 0 aliphatic rings. The zero-order chi connectivity index (χ0) is 17.5. The molecule has 0 aliphatic carbocycles. The van der Waals surface area contributed by atoms with Gasteiger partial charge in [0, 0.05) is 0 Å². The number of hydrogen-bond donors (Lipinski definition) is 0. The molecule has 0 bridgehead atoms. The van der Waals surface area contributed by atoms with Crippen LogP contribution in [0.5, 0.6) is 11.5 Å². The molecular formula is C24H26O. The Morgan fingerprint density at radius 1 is 0.760 bits per heavy atom. The molecule has 1 heteroatoms. The van der Waals surface area contributed by atoms with Gasteiger partial charge >= 0.3 is 0 Å². The molecule has 128 valence electrons. The van der Waals surface area contributed by atoms with Crippen LogP contribution in [-0.4, -0.2) is 0 Å². The Balaban J connectivity index is 1.64. The van der Waals surface area contributed by atoms with Crippen LogP contribution < -0.4 is 4.74 Å². The van der Waals surface area contributed by atoms with Crippen LogP contribution in [0.15, 0.2) is 78.9 Å². The molecule has 1 nitrogen and oxygen atoms in total. The molecule has 0 aromatic heterocycles. The summed E-state index contributed by atoms with van der Waals surface area (Å²) in [6.45, 7) is 4.47. The highest BCUT2D eigenvalue weighted by Gasteiger charge is 2.07. The standard InChI is InChI=1S/C24H26O/c1-3-8-20-11-7-12-24(18-20)25-23-15-13-22(14-16-23)19(2)17-21-9-5-4-6-10-21/h4-7,9-16,18-19H,3,8,17H2,1-2H3. The van der Waals surface area contributed by atoms with E-state index >= 15 is 0 Å². The number of hydrogen-bond acceptors (Lipinski definition) is 1. The molecule has 3 aromatic rings. The van der Waals surface area contributed by atoms with Crippen LogP contribution in [0, 0.1) is 0 Å². The van der Waals surface area contributed by atoms with Crippen molar-refractivity contribution < 1.29 is 4.74 Å². The Morgan fingerprint density at radius 3 is 2.20 bits per heavy atom. The van der Waals surface area contributed by atoms with Gasteiger partial charge in [0.25, 0.3) is 0 Å². The minimum atomic E-state index is 0.490. The lowest BCUT2D eigenvalue weighted by Gasteiger charge is -2.13. The maximum Gasteiger partial charge on any atom is 0.127 e. The first-order chi connectivity index (χ1) is 12.2. The van der Waals surface area contributed by atoms with Crippen LogP contribution in [0.4, 0.5) is 0 Å². The van der Waals surface area contributed by atoms with Crippen LogP contribution in [-0.2, 0) is 12.8 Å². The second-order valence-corrected chi connectivity index (χ2v) is 6.66. The van der Waals surface area contributed by atoms with Crippen LogP contribution in [0.25, 0.3) is 0 Å². The van der Waals surface area contributed by atoms with Crippen molar-refractivity contribution >= 4 is 0 Å². The minimum absolute atomic E-state index is 0.490. The fourth-order valence-corrected chi connectivity index (χ4v) is 3.14. The van der Waals surface area contributed by atoms with Gasteiger partial charge in [-0.1, -0.05) is 74.9 Å². The molecule has 0 spiro atoms. The zero-order valence-corrected chi connectivity index (χ0v) is 15.1. The Labute approximate surface area is 151 Å². The molecule has 3 aromatic carbocycles. The summed E-state index contributed by atoms with van der Waals surface area (Å²) in [5.74, 6) is 2.30. The smallest absolute Gasteiger partial charge is 0.127 e. The van der Waals surface area contributed by atoms with Gasteiger partial charge in [-0.15, -0.1) is 0 Å². The minimum Gasteiger partial charge on any atom is -0.457 e. The maximum atomic E-state index is 6.02. The molecular weight excluding hydrogens is 304 g/mol. The summed E-state index contributed by atoms with van der Waals surface area (Å²) in [7, 11) is 0. The lowest BCUT2D eigenvalue weighted by Crippen LogP contribution is -1.98. The first kappa shape index (κ1) is 17.3. The van der Waals surface area contributed by atoms with Crippen molar-refractivity contribution in [2.24, 2.45) is 0 Å². The Bertz CT molecular complexity index is 775. The fourth-order valence-electron chi connectivity index (χ4n) is 3.14. The van der Waals surface area contributed by atoms with Gasteiger partial charge in [-0.3, -0.25) is 0 Å². The lowest BCUT2D eigenvalue weighted by atomic mass is 9.94. The predicted molar refractivity (Wildman–Crippen MR) is 106 cm³/mol. The highest BCUT2D eigenvalue weighted by Crippen LogP contribution is 2.26. The van der Waals surface area contributed by atoms with Gasteiger partial charge in [-0.2, -0.15) is 0 Å². The maximum absolute atomic E-state index is 6.02. The Kier molecular flexibility index (Phi) is 5.90. The topological polar surface area (TPSA) is 9.23 Å². The second kappa shape index (κ2) is 8.53. The summed E-state index contributed by atoms with van der Waals surface area (Å²) in [6.07, 6.45) is 3.30. The summed E-state index contributed by atoms with van der Waals surface area (Å²) in [5.41, 5.74) is 4.05. The van der Waals surface area contributed by atoms with Crippen LogP contribution >= 0.6 is 0 Å².